The van der Waals surface area contributed by atoms with Crippen LogP contribution in [-0.4, -0.2) is 33.1 Å². The van der Waals surface area contributed by atoms with Crippen LogP contribution in [0, 0.1) is 0 Å². The highest BCUT2D eigenvalue weighted by atomic mass is 19.4. The second-order valence-corrected chi connectivity index (χ2v) is 8.97. The van der Waals surface area contributed by atoms with E-state index in [1.165, 1.54) is 0 Å². The summed E-state index contributed by atoms with van der Waals surface area (Å²) in [4.78, 5) is 20.8. The molecule has 0 saturated carbocycles. The number of amides is 2. The number of anilines is 1. The number of pyridine rings is 2. The minimum atomic E-state index is -4.47. The SMILES string of the molecule is CC(C)(C)c1cc(-c2ccn3c(-c4cccc(NC(=O)NCC(F)(F)F)c4)cnc3c2)ccn1. The van der Waals surface area contributed by atoms with Crippen molar-refractivity contribution in [1.82, 2.24) is 19.7 Å². The molecule has 3 heterocycles. The quantitative estimate of drug-likeness (QED) is 0.384. The molecule has 0 saturated heterocycles. The average molecular weight is 467 g/mol. The van der Waals surface area contributed by atoms with Gasteiger partial charge in [-0.1, -0.05) is 32.9 Å². The van der Waals surface area contributed by atoms with E-state index < -0.39 is 18.8 Å². The minimum Gasteiger partial charge on any atom is -0.329 e. The highest BCUT2D eigenvalue weighted by Crippen LogP contribution is 2.29. The first-order valence-electron chi connectivity index (χ1n) is 10.7. The monoisotopic (exact) mass is 467 g/mol. The number of hydrogen-bond donors (Lipinski definition) is 2. The first-order chi connectivity index (χ1) is 16.0. The predicted octanol–water partition coefficient (Wildman–Crippen LogP) is 6.04. The van der Waals surface area contributed by atoms with E-state index in [4.69, 9.17) is 0 Å². The maximum atomic E-state index is 12.3. The van der Waals surface area contributed by atoms with Crippen molar-refractivity contribution in [1.29, 1.82) is 0 Å². The second-order valence-electron chi connectivity index (χ2n) is 8.97. The van der Waals surface area contributed by atoms with Gasteiger partial charge in [0.2, 0.25) is 0 Å². The molecule has 0 aliphatic heterocycles. The van der Waals surface area contributed by atoms with Crippen molar-refractivity contribution in [2.24, 2.45) is 0 Å². The number of carbonyl (C=O) groups excluding carboxylic acids is 1. The Morgan fingerprint density at radius 2 is 1.74 bits per heavy atom. The number of urea groups is 1. The first-order valence-corrected chi connectivity index (χ1v) is 10.7. The number of nitrogens with one attached hydrogen (secondary N) is 2. The molecule has 3 aromatic heterocycles. The van der Waals surface area contributed by atoms with Crippen LogP contribution in [0.3, 0.4) is 0 Å². The Hall–Kier alpha value is -3.88. The smallest absolute Gasteiger partial charge is 0.329 e. The number of halogens is 3. The summed E-state index contributed by atoms with van der Waals surface area (Å²) < 4.78 is 38.8. The number of benzene rings is 1. The lowest BCUT2D eigenvalue weighted by atomic mass is 9.90. The number of carbonyl (C=O) groups is 1. The molecule has 0 radical (unpaired) electrons. The van der Waals surface area contributed by atoms with Crippen LogP contribution in [0.1, 0.15) is 26.5 Å². The topological polar surface area (TPSA) is 71.3 Å². The van der Waals surface area contributed by atoms with E-state index in [-0.39, 0.29) is 5.41 Å². The van der Waals surface area contributed by atoms with Crippen LogP contribution in [0.25, 0.3) is 28.0 Å². The highest BCUT2D eigenvalue weighted by Gasteiger charge is 2.27. The first kappa shape index (κ1) is 23.3. The van der Waals surface area contributed by atoms with Crippen LogP contribution >= 0.6 is 0 Å². The highest BCUT2D eigenvalue weighted by molar-refractivity contribution is 5.90. The molecule has 4 rings (SSSR count). The molecule has 176 valence electrons. The van der Waals surface area contributed by atoms with Gasteiger partial charge in [-0.2, -0.15) is 13.2 Å². The van der Waals surface area contributed by atoms with Crippen molar-refractivity contribution in [3.8, 4) is 22.4 Å². The average Bonchev–Trinajstić information content (AvgIpc) is 3.20. The Kier molecular flexibility index (Phi) is 6.03. The summed E-state index contributed by atoms with van der Waals surface area (Å²) in [5.41, 5.74) is 5.63. The Morgan fingerprint density at radius 1 is 0.971 bits per heavy atom. The van der Waals surface area contributed by atoms with Gasteiger partial charge in [-0.05, 0) is 47.5 Å². The third kappa shape index (κ3) is 5.36. The fourth-order valence-corrected chi connectivity index (χ4v) is 3.51. The molecule has 9 heteroatoms. The molecule has 34 heavy (non-hydrogen) atoms. The maximum Gasteiger partial charge on any atom is 0.405 e. The van der Waals surface area contributed by atoms with Crippen molar-refractivity contribution in [2.75, 3.05) is 11.9 Å². The lowest BCUT2D eigenvalue weighted by Crippen LogP contribution is -2.36. The summed E-state index contributed by atoms with van der Waals surface area (Å²) in [5.74, 6) is 0. The number of aromatic nitrogens is 3. The van der Waals surface area contributed by atoms with E-state index in [2.05, 4.69) is 42.1 Å². The zero-order valence-electron chi connectivity index (χ0n) is 18.9. The van der Waals surface area contributed by atoms with Crippen LogP contribution < -0.4 is 10.6 Å². The van der Waals surface area contributed by atoms with Crippen molar-refractivity contribution in [3.63, 3.8) is 0 Å². The molecule has 1 aromatic carbocycles. The minimum absolute atomic E-state index is 0.0662. The van der Waals surface area contributed by atoms with Crippen LogP contribution in [-0.2, 0) is 5.41 Å². The van der Waals surface area contributed by atoms with E-state index in [0.717, 1.165) is 33.7 Å². The Bertz CT molecular complexity index is 1340. The molecular weight excluding hydrogens is 443 g/mol. The van der Waals surface area contributed by atoms with Crippen molar-refractivity contribution < 1.29 is 18.0 Å². The van der Waals surface area contributed by atoms with Gasteiger partial charge in [0, 0.05) is 34.8 Å². The van der Waals surface area contributed by atoms with Gasteiger partial charge in [0.1, 0.15) is 12.2 Å². The van der Waals surface area contributed by atoms with Gasteiger partial charge in [-0.3, -0.25) is 9.38 Å². The number of nitrogens with zero attached hydrogens (tertiary/aromatic N) is 3. The zero-order chi connectivity index (χ0) is 24.5. The number of fused-ring (bicyclic) bond motifs is 1. The molecule has 2 N–H and O–H groups in total. The van der Waals surface area contributed by atoms with Crippen molar-refractivity contribution in [2.45, 2.75) is 32.4 Å². The summed E-state index contributed by atoms with van der Waals surface area (Å²) in [6.45, 7) is 4.95. The van der Waals surface area contributed by atoms with E-state index in [0.29, 0.717) is 5.69 Å². The molecule has 2 amide bonds. The van der Waals surface area contributed by atoms with Crippen LogP contribution in [0.15, 0.2) is 67.1 Å². The Labute approximate surface area is 194 Å². The Morgan fingerprint density at radius 3 is 2.47 bits per heavy atom. The largest absolute Gasteiger partial charge is 0.405 e. The van der Waals surface area contributed by atoms with Gasteiger partial charge in [0.05, 0.1) is 11.9 Å². The summed E-state index contributed by atoms with van der Waals surface area (Å²) >= 11 is 0. The summed E-state index contributed by atoms with van der Waals surface area (Å²) in [5, 5.41) is 4.22. The van der Waals surface area contributed by atoms with E-state index in [1.807, 2.05) is 34.9 Å². The maximum absolute atomic E-state index is 12.3. The molecular formula is C25H24F3N5O. The van der Waals surface area contributed by atoms with Crippen molar-refractivity contribution >= 4 is 17.4 Å². The molecule has 0 aliphatic rings. The predicted molar refractivity (Wildman–Crippen MR) is 126 cm³/mol. The molecule has 0 aliphatic carbocycles. The van der Waals surface area contributed by atoms with Crippen LogP contribution in [0.2, 0.25) is 0 Å². The summed E-state index contributed by atoms with van der Waals surface area (Å²) in [7, 11) is 0. The van der Waals surface area contributed by atoms with Gasteiger partial charge < -0.3 is 10.6 Å². The van der Waals surface area contributed by atoms with Gasteiger partial charge in [0.25, 0.3) is 0 Å². The zero-order valence-corrected chi connectivity index (χ0v) is 18.9. The lowest BCUT2D eigenvalue weighted by molar-refractivity contribution is -0.122. The normalized spacial score (nSPS) is 12.1. The number of hydrogen-bond acceptors (Lipinski definition) is 3. The van der Waals surface area contributed by atoms with Gasteiger partial charge in [-0.15, -0.1) is 0 Å². The third-order valence-corrected chi connectivity index (χ3v) is 5.24. The molecule has 0 spiro atoms. The molecule has 0 unspecified atom stereocenters. The van der Waals surface area contributed by atoms with Crippen LogP contribution in [0.5, 0.6) is 0 Å². The number of alkyl halides is 3. The number of rotatable bonds is 4. The van der Waals surface area contributed by atoms with E-state index >= 15 is 0 Å². The van der Waals surface area contributed by atoms with E-state index in [9.17, 15) is 18.0 Å². The fourth-order valence-electron chi connectivity index (χ4n) is 3.51. The van der Waals surface area contributed by atoms with Gasteiger partial charge in [0.15, 0.2) is 0 Å². The standard InChI is InChI=1S/C25H24F3N5O/c1-24(2,3)21-12-16(7-9-29-21)17-8-10-33-20(14-30-22(33)13-17)18-5-4-6-19(11-18)32-23(34)31-15-25(26,27)28/h4-14H,15H2,1-3H3,(H2,31,32,34). The molecule has 4 aromatic rings. The summed E-state index contributed by atoms with van der Waals surface area (Å²) in [6, 6.07) is 13.9. The third-order valence-electron chi connectivity index (χ3n) is 5.24. The van der Waals surface area contributed by atoms with Crippen LogP contribution in [0.4, 0.5) is 23.7 Å². The molecule has 0 atom stereocenters. The van der Waals surface area contributed by atoms with Gasteiger partial charge in [-0.25, -0.2) is 9.78 Å². The second kappa shape index (κ2) is 8.81. The van der Waals surface area contributed by atoms with Crippen molar-refractivity contribution in [3.05, 3.63) is 72.8 Å². The molecule has 6 nitrogen and oxygen atoms in total. The Balaban J connectivity index is 1.59. The molecule has 0 bridgehead atoms. The lowest BCUT2D eigenvalue weighted by Gasteiger charge is -2.18. The molecule has 0 fully saturated rings. The van der Waals surface area contributed by atoms with Gasteiger partial charge >= 0.3 is 12.2 Å². The number of imidazole rings is 1. The van der Waals surface area contributed by atoms with E-state index in [1.54, 1.807) is 35.9 Å². The summed E-state index contributed by atoms with van der Waals surface area (Å²) in [6.07, 6.45) is 0.967. The fraction of sp³-hybridized carbons (Fsp3) is 0.240.